The van der Waals surface area contributed by atoms with E-state index in [4.69, 9.17) is 4.43 Å². The molecule has 2 nitrogen and oxygen atoms in total. The normalized spacial score (nSPS) is 30.2. The summed E-state index contributed by atoms with van der Waals surface area (Å²) in [5, 5.41) is 0.246. The van der Waals surface area contributed by atoms with Crippen LogP contribution in [0.2, 0.25) is 18.1 Å². The summed E-state index contributed by atoms with van der Waals surface area (Å²) in [6.07, 6.45) is 15.9. The number of unbranched alkanes of at least 4 members (excludes halogenated alkanes) is 2. The van der Waals surface area contributed by atoms with Crippen LogP contribution in [0.15, 0.2) is 12.2 Å². The molecular formula is C23H42O2Si. The van der Waals surface area contributed by atoms with Gasteiger partial charge in [0, 0.05) is 6.42 Å². The van der Waals surface area contributed by atoms with Gasteiger partial charge in [-0.25, -0.2) is 0 Å². The van der Waals surface area contributed by atoms with Crippen molar-refractivity contribution in [3.8, 4) is 0 Å². The fourth-order valence-electron chi connectivity index (χ4n) is 4.55. The number of fused-ring (bicyclic) bond motifs is 2. The van der Waals surface area contributed by atoms with Crippen LogP contribution in [0.5, 0.6) is 0 Å². The van der Waals surface area contributed by atoms with Crippen molar-refractivity contribution in [2.24, 2.45) is 23.7 Å². The van der Waals surface area contributed by atoms with Gasteiger partial charge in [0.2, 0.25) is 0 Å². The van der Waals surface area contributed by atoms with E-state index in [1.807, 2.05) is 0 Å². The maximum absolute atomic E-state index is 11.1. The van der Waals surface area contributed by atoms with Crippen LogP contribution >= 0.6 is 0 Å². The molecule has 0 radical (unpaired) electrons. The third-order valence-electron chi connectivity index (χ3n) is 7.32. The van der Waals surface area contributed by atoms with Crippen LogP contribution in [-0.4, -0.2) is 20.7 Å². The number of rotatable bonds is 10. The number of aldehydes is 1. The Hall–Kier alpha value is -0.413. The van der Waals surface area contributed by atoms with E-state index in [-0.39, 0.29) is 11.1 Å². The van der Waals surface area contributed by atoms with Crippen molar-refractivity contribution in [3.63, 3.8) is 0 Å². The number of allylic oxidation sites excluding steroid dienone is 1. The van der Waals surface area contributed by atoms with Gasteiger partial charge in [-0.2, -0.15) is 0 Å². The zero-order valence-corrected chi connectivity index (χ0v) is 19.1. The third-order valence-corrected chi connectivity index (χ3v) is 11.8. The van der Waals surface area contributed by atoms with E-state index in [0.29, 0.717) is 11.8 Å². The lowest BCUT2D eigenvalue weighted by Gasteiger charge is -2.50. The molecule has 3 saturated carbocycles. The van der Waals surface area contributed by atoms with Crippen LogP contribution in [-0.2, 0) is 9.22 Å². The van der Waals surface area contributed by atoms with Gasteiger partial charge in [0.25, 0.3) is 0 Å². The van der Waals surface area contributed by atoms with Gasteiger partial charge >= 0.3 is 0 Å². The van der Waals surface area contributed by atoms with Crippen molar-refractivity contribution in [3.05, 3.63) is 12.2 Å². The lowest BCUT2D eigenvalue weighted by Crippen LogP contribution is -2.44. The summed E-state index contributed by atoms with van der Waals surface area (Å²) in [6.45, 7) is 13.9. The predicted octanol–water partition coefficient (Wildman–Crippen LogP) is 6.76. The minimum absolute atomic E-state index is 0.246. The molecule has 3 fully saturated rings. The molecule has 3 heteroatoms. The smallest absolute Gasteiger partial charge is 0.192 e. The van der Waals surface area contributed by atoms with Gasteiger partial charge in [0.05, 0.1) is 6.10 Å². The zero-order valence-electron chi connectivity index (χ0n) is 18.1. The quantitative estimate of drug-likeness (QED) is 0.181. The molecule has 0 N–H and O–H groups in total. The Kier molecular flexibility index (Phi) is 7.73. The van der Waals surface area contributed by atoms with Crippen LogP contribution in [0.3, 0.4) is 0 Å². The Balaban J connectivity index is 2.04. The molecule has 150 valence electrons. The van der Waals surface area contributed by atoms with Crippen molar-refractivity contribution < 1.29 is 9.22 Å². The Morgan fingerprint density at radius 3 is 2.42 bits per heavy atom. The maximum Gasteiger partial charge on any atom is 0.192 e. The van der Waals surface area contributed by atoms with E-state index >= 15 is 0 Å². The van der Waals surface area contributed by atoms with Crippen LogP contribution in [0.25, 0.3) is 0 Å². The minimum atomic E-state index is -1.76. The molecule has 0 spiro atoms. The molecule has 2 bridgehead atoms. The average molecular weight is 379 g/mol. The molecule has 0 aromatic heterocycles. The van der Waals surface area contributed by atoms with Crippen molar-refractivity contribution in [1.82, 2.24) is 0 Å². The molecule has 3 aliphatic rings. The number of carbonyl (C=O) groups is 1. The van der Waals surface area contributed by atoms with Gasteiger partial charge in [0.15, 0.2) is 8.32 Å². The molecule has 0 aromatic rings. The molecule has 0 amide bonds. The lowest BCUT2D eigenvalue weighted by atomic mass is 9.55. The molecule has 0 aliphatic heterocycles. The minimum Gasteiger partial charge on any atom is -0.411 e. The molecule has 0 aromatic carbocycles. The lowest BCUT2D eigenvalue weighted by molar-refractivity contribution is -0.111. The summed E-state index contributed by atoms with van der Waals surface area (Å²) in [5.74, 6) is 2.89. The standard InChI is InChI=1S/C23H42O2Si/c1-7-8-9-10-21(25-26(5,6)23(2,3)4)12-11-19-15-18-16-20(17-18)22(19)13-14-24/h11-12,14,18-22H,7-10,13,15-17H2,1-6H3/b12-11+/t18?,19-,20?,21-,22+/m0/s1. The van der Waals surface area contributed by atoms with Crippen LogP contribution in [0.1, 0.15) is 79.1 Å². The van der Waals surface area contributed by atoms with Gasteiger partial charge in [-0.1, -0.05) is 59.1 Å². The van der Waals surface area contributed by atoms with E-state index in [0.717, 1.165) is 31.0 Å². The third kappa shape index (κ3) is 5.54. The van der Waals surface area contributed by atoms with Crippen LogP contribution in [0, 0.1) is 23.7 Å². The first-order valence-electron chi connectivity index (χ1n) is 11.0. The first-order chi connectivity index (χ1) is 12.2. The summed E-state index contributed by atoms with van der Waals surface area (Å²) >= 11 is 0. The highest BCUT2D eigenvalue weighted by atomic mass is 28.4. The number of hydrogen-bond donors (Lipinski definition) is 0. The van der Waals surface area contributed by atoms with Crippen molar-refractivity contribution >= 4 is 14.6 Å². The maximum atomic E-state index is 11.1. The zero-order chi connectivity index (χ0) is 19.4. The fourth-order valence-corrected chi connectivity index (χ4v) is 5.86. The van der Waals surface area contributed by atoms with Gasteiger partial charge in [-0.15, -0.1) is 0 Å². The highest BCUT2D eigenvalue weighted by Gasteiger charge is 2.44. The average Bonchev–Trinajstić information content (AvgIpc) is 2.51. The molecule has 3 rings (SSSR count). The second kappa shape index (κ2) is 9.19. The largest absolute Gasteiger partial charge is 0.411 e. The van der Waals surface area contributed by atoms with Crippen molar-refractivity contribution in [2.75, 3.05) is 0 Å². The van der Waals surface area contributed by atoms with E-state index in [2.05, 4.69) is 52.9 Å². The summed E-state index contributed by atoms with van der Waals surface area (Å²) in [7, 11) is -1.76. The topological polar surface area (TPSA) is 26.3 Å². The van der Waals surface area contributed by atoms with Gasteiger partial charge in [-0.05, 0) is 67.5 Å². The van der Waals surface area contributed by atoms with Crippen molar-refractivity contribution in [2.45, 2.75) is 103 Å². The molecule has 0 heterocycles. The van der Waals surface area contributed by atoms with Gasteiger partial charge in [0.1, 0.15) is 6.29 Å². The summed E-state index contributed by atoms with van der Waals surface area (Å²) < 4.78 is 6.76. The monoisotopic (exact) mass is 378 g/mol. The number of hydrogen-bond acceptors (Lipinski definition) is 2. The van der Waals surface area contributed by atoms with Crippen LogP contribution < -0.4 is 0 Å². The Morgan fingerprint density at radius 1 is 1.15 bits per heavy atom. The first-order valence-corrected chi connectivity index (χ1v) is 13.9. The molecule has 3 atom stereocenters. The Morgan fingerprint density at radius 2 is 1.85 bits per heavy atom. The van der Waals surface area contributed by atoms with E-state index in [1.54, 1.807) is 0 Å². The highest BCUT2D eigenvalue weighted by Crippen LogP contribution is 2.53. The Labute approximate surface area is 163 Å². The van der Waals surface area contributed by atoms with E-state index < -0.39 is 8.32 Å². The second-order valence-electron chi connectivity index (χ2n) is 10.4. The fraction of sp³-hybridized carbons (Fsp3) is 0.870. The second-order valence-corrected chi connectivity index (χ2v) is 15.1. The van der Waals surface area contributed by atoms with Gasteiger partial charge < -0.3 is 9.22 Å². The van der Waals surface area contributed by atoms with Crippen molar-refractivity contribution in [1.29, 1.82) is 0 Å². The highest BCUT2D eigenvalue weighted by molar-refractivity contribution is 6.74. The summed E-state index contributed by atoms with van der Waals surface area (Å²) in [6, 6.07) is 0. The molecule has 3 aliphatic carbocycles. The number of carbonyl (C=O) groups excluding carboxylic acids is 1. The summed E-state index contributed by atoms with van der Waals surface area (Å²) in [4.78, 5) is 11.1. The molecule has 0 unspecified atom stereocenters. The molecule has 0 saturated heterocycles. The van der Waals surface area contributed by atoms with E-state index in [9.17, 15) is 4.79 Å². The molecule has 26 heavy (non-hydrogen) atoms. The van der Waals surface area contributed by atoms with Gasteiger partial charge in [-0.3, -0.25) is 0 Å². The SMILES string of the molecule is CCCCC[C@@H](/C=C/[C@H]1CC2CC(C2)[C@@H]1CC=O)O[Si](C)(C)C(C)(C)C. The summed E-state index contributed by atoms with van der Waals surface area (Å²) in [5.41, 5.74) is 0. The molecular weight excluding hydrogens is 336 g/mol. The Bertz CT molecular complexity index is 471. The van der Waals surface area contributed by atoms with E-state index in [1.165, 1.54) is 38.5 Å². The first kappa shape index (κ1) is 21.9. The predicted molar refractivity (Wildman–Crippen MR) is 114 cm³/mol. The van der Waals surface area contributed by atoms with Crippen LogP contribution in [0.4, 0.5) is 0 Å².